The van der Waals surface area contributed by atoms with E-state index < -0.39 is 8.32 Å². The molecule has 3 saturated carbocycles. The average molecular weight is 501 g/mol. The van der Waals surface area contributed by atoms with E-state index in [9.17, 15) is 5.11 Å². The Morgan fingerprint density at radius 3 is 2.17 bits per heavy atom. The normalized spacial score (nSPS) is 28.3. The monoisotopic (exact) mass is 500 g/mol. The Balaban J connectivity index is 1.88. The van der Waals surface area contributed by atoms with E-state index in [-0.39, 0.29) is 23.7 Å². The van der Waals surface area contributed by atoms with Crippen LogP contribution in [0.2, 0.25) is 18.1 Å². The number of aliphatic hydroxyl groups is 1. The zero-order chi connectivity index (χ0) is 25.2. The van der Waals surface area contributed by atoms with Crippen molar-refractivity contribution in [1.82, 2.24) is 0 Å². The number of unbranched alkanes of at least 4 members (excludes halogenated alkanes) is 3. The lowest BCUT2D eigenvalue weighted by Crippen LogP contribution is -2.65. The first kappa shape index (κ1) is 28.6. The van der Waals surface area contributed by atoms with E-state index in [1.807, 2.05) is 6.08 Å². The quantitative estimate of drug-likeness (QED) is 0.172. The molecular weight excluding hydrogens is 448 g/mol. The molecule has 0 radical (unpaired) electrons. The first-order valence-electron chi connectivity index (χ1n) is 14.6. The lowest BCUT2D eigenvalue weighted by molar-refractivity contribution is -0.241. The number of benzene rings is 1. The number of ether oxygens (including phenoxy) is 1. The zero-order valence-corrected chi connectivity index (χ0v) is 23.9. The summed E-state index contributed by atoms with van der Waals surface area (Å²) in [5.74, 6) is 0.529. The molecule has 0 heterocycles. The van der Waals surface area contributed by atoms with Crippen molar-refractivity contribution in [2.45, 2.75) is 128 Å². The Hall–Kier alpha value is -0.943. The van der Waals surface area contributed by atoms with Crippen molar-refractivity contribution in [3.05, 3.63) is 48.6 Å². The summed E-state index contributed by atoms with van der Waals surface area (Å²) in [6.45, 7) is 11.8. The maximum atomic E-state index is 10.8. The average Bonchev–Trinajstić information content (AvgIpc) is 2.90. The standard InChI is InChI=1S/C31H52O3Si/c1-5-9-20-35(21-10-6-2,22-11-7-3)34-29-24-31(33-25-27-15-13-12-14-16-27)19-17-28(29)23-30(31,26-32)18-8-4/h8,12-16,28-29,32H,4-7,9-11,17-26H2,1-3H3/t28?,29-,30-,31?/m0/s1. The number of allylic oxidation sites excluding steroid dienone is 1. The fourth-order valence-corrected chi connectivity index (χ4v) is 12.0. The molecule has 0 aliphatic heterocycles. The van der Waals surface area contributed by atoms with Gasteiger partial charge in [-0.25, -0.2) is 0 Å². The van der Waals surface area contributed by atoms with Crippen LogP contribution in [-0.2, 0) is 15.8 Å². The Bertz CT molecular complexity index is 731. The highest BCUT2D eigenvalue weighted by molar-refractivity contribution is 6.73. The van der Waals surface area contributed by atoms with E-state index in [1.54, 1.807) is 0 Å². The number of aliphatic hydroxyl groups excluding tert-OH is 1. The highest BCUT2D eigenvalue weighted by Gasteiger charge is 2.62. The summed E-state index contributed by atoms with van der Waals surface area (Å²) in [6.07, 6.45) is 14.8. The van der Waals surface area contributed by atoms with Crippen molar-refractivity contribution in [2.24, 2.45) is 11.3 Å². The molecule has 4 atom stereocenters. The third-order valence-corrected chi connectivity index (χ3v) is 13.7. The number of rotatable bonds is 17. The van der Waals surface area contributed by atoms with Gasteiger partial charge in [0.15, 0.2) is 8.32 Å². The maximum Gasteiger partial charge on any atom is 0.193 e. The predicted octanol–water partition coefficient (Wildman–Crippen LogP) is 8.43. The molecule has 0 saturated heterocycles. The fraction of sp³-hybridized carbons (Fsp3) is 0.742. The van der Waals surface area contributed by atoms with Crippen LogP contribution >= 0.6 is 0 Å². The van der Waals surface area contributed by atoms with E-state index in [2.05, 4.69) is 57.7 Å². The van der Waals surface area contributed by atoms with Crippen molar-refractivity contribution in [3.8, 4) is 0 Å². The van der Waals surface area contributed by atoms with Crippen LogP contribution in [0.1, 0.15) is 97.0 Å². The Labute approximate surface area is 216 Å². The minimum Gasteiger partial charge on any atom is -0.414 e. The first-order valence-corrected chi connectivity index (χ1v) is 17.1. The van der Waals surface area contributed by atoms with E-state index in [0.29, 0.717) is 12.5 Å². The molecule has 3 aliphatic carbocycles. The molecule has 3 aliphatic rings. The lowest BCUT2D eigenvalue weighted by Gasteiger charge is -2.62. The van der Waals surface area contributed by atoms with Crippen molar-refractivity contribution in [2.75, 3.05) is 6.61 Å². The molecule has 198 valence electrons. The second-order valence-electron chi connectivity index (χ2n) is 11.6. The van der Waals surface area contributed by atoms with Gasteiger partial charge in [0.1, 0.15) is 0 Å². The second kappa shape index (κ2) is 13.6. The SMILES string of the molecule is C=CC[C@@]1(CO)CC2CCC1(OCc1ccccc1)C[C@@H]2O[Si](CCCC)(CCCC)CCCC. The molecule has 1 aromatic rings. The van der Waals surface area contributed by atoms with Gasteiger partial charge in [-0.15, -0.1) is 6.58 Å². The van der Waals surface area contributed by atoms with Crippen LogP contribution in [0.5, 0.6) is 0 Å². The summed E-state index contributed by atoms with van der Waals surface area (Å²) in [4.78, 5) is 0. The number of hydrogen-bond donors (Lipinski definition) is 1. The molecule has 3 nitrogen and oxygen atoms in total. The van der Waals surface area contributed by atoms with Gasteiger partial charge in [0.05, 0.1) is 24.9 Å². The highest BCUT2D eigenvalue weighted by Crippen LogP contribution is 2.60. The van der Waals surface area contributed by atoms with E-state index in [0.717, 1.165) is 32.1 Å². The van der Waals surface area contributed by atoms with Crippen LogP contribution in [0.4, 0.5) is 0 Å². The highest BCUT2D eigenvalue weighted by atomic mass is 28.4. The summed E-state index contributed by atoms with van der Waals surface area (Å²) < 4.78 is 14.4. The summed E-state index contributed by atoms with van der Waals surface area (Å²) >= 11 is 0. The fourth-order valence-electron chi connectivity index (χ4n) is 7.01. The molecule has 4 rings (SSSR count). The number of hydrogen-bond acceptors (Lipinski definition) is 3. The molecule has 3 fully saturated rings. The topological polar surface area (TPSA) is 38.7 Å². The van der Waals surface area contributed by atoms with Crippen LogP contribution in [0.25, 0.3) is 0 Å². The molecule has 4 heteroatoms. The van der Waals surface area contributed by atoms with Gasteiger partial charge >= 0.3 is 0 Å². The van der Waals surface area contributed by atoms with Gasteiger partial charge in [-0.3, -0.25) is 0 Å². The van der Waals surface area contributed by atoms with Crippen LogP contribution < -0.4 is 0 Å². The Kier molecular flexibility index (Phi) is 11.1. The van der Waals surface area contributed by atoms with Crippen molar-refractivity contribution >= 4 is 8.32 Å². The lowest BCUT2D eigenvalue weighted by atomic mass is 9.51. The second-order valence-corrected chi connectivity index (χ2v) is 15.7. The van der Waals surface area contributed by atoms with Gasteiger partial charge in [-0.1, -0.05) is 95.7 Å². The zero-order valence-electron chi connectivity index (χ0n) is 22.9. The van der Waals surface area contributed by atoms with Crippen LogP contribution in [0, 0.1) is 11.3 Å². The minimum absolute atomic E-state index is 0.168. The third kappa shape index (κ3) is 6.69. The van der Waals surface area contributed by atoms with Gasteiger partial charge in [0, 0.05) is 11.8 Å². The van der Waals surface area contributed by atoms with Gasteiger partial charge < -0.3 is 14.3 Å². The van der Waals surface area contributed by atoms with E-state index in [1.165, 1.54) is 62.2 Å². The Morgan fingerprint density at radius 2 is 1.63 bits per heavy atom. The first-order chi connectivity index (χ1) is 17.0. The summed E-state index contributed by atoms with van der Waals surface area (Å²) in [5.41, 5.74) is 0.619. The molecule has 35 heavy (non-hydrogen) atoms. The molecule has 0 aromatic heterocycles. The van der Waals surface area contributed by atoms with Gasteiger partial charge in [-0.05, 0) is 55.3 Å². The molecule has 0 amide bonds. The largest absolute Gasteiger partial charge is 0.414 e. The molecule has 2 bridgehead atoms. The molecule has 1 N–H and O–H groups in total. The van der Waals surface area contributed by atoms with E-state index in [4.69, 9.17) is 9.16 Å². The number of fused-ring (bicyclic) bond motifs is 3. The van der Waals surface area contributed by atoms with Gasteiger partial charge in [0.25, 0.3) is 0 Å². The third-order valence-electron chi connectivity index (χ3n) is 9.15. The summed E-state index contributed by atoms with van der Waals surface area (Å²) in [6, 6.07) is 14.4. The Morgan fingerprint density at radius 1 is 1.00 bits per heavy atom. The molecule has 2 unspecified atom stereocenters. The van der Waals surface area contributed by atoms with E-state index >= 15 is 0 Å². The summed E-state index contributed by atoms with van der Waals surface area (Å²) in [5, 5.41) is 10.8. The molecule has 0 spiro atoms. The van der Waals surface area contributed by atoms with Crippen LogP contribution in [-0.4, -0.2) is 31.7 Å². The summed E-state index contributed by atoms with van der Waals surface area (Å²) in [7, 11) is -1.82. The van der Waals surface area contributed by atoms with Gasteiger partial charge in [0.2, 0.25) is 0 Å². The minimum atomic E-state index is -1.82. The maximum absolute atomic E-state index is 10.8. The molecule has 1 aromatic carbocycles. The van der Waals surface area contributed by atoms with Crippen LogP contribution in [0.3, 0.4) is 0 Å². The predicted molar refractivity (Wildman–Crippen MR) is 150 cm³/mol. The van der Waals surface area contributed by atoms with Gasteiger partial charge in [-0.2, -0.15) is 0 Å². The molecular formula is C31H52O3Si. The van der Waals surface area contributed by atoms with Crippen molar-refractivity contribution in [1.29, 1.82) is 0 Å². The smallest absolute Gasteiger partial charge is 0.193 e. The van der Waals surface area contributed by atoms with Crippen molar-refractivity contribution in [3.63, 3.8) is 0 Å². The van der Waals surface area contributed by atoms with Crippen LogP contribution in [0.15, 0.2) is 43.0 Å². The van der Waals surface area contributed by atoms with Crippen molar-refractivity contribution < 1.29 is 14.3 Å².